The molecule has 2 aromatic carbocycles. The van der Waals surface area contributed by atoms with Gasteiger partial charge in [-0.05, 0) is 90.0 Å². The largest absolute Gasteiger partial charge is 0.357 e. The molecular formula is C32H34FN3OS. The number of rotatable bonds is 7. The van der Waals surface area contributed by atoms with Gasteiger partial charge < -0.3 is 14.8 Å². The van der Waals surface area contributed by atoms with Crippen molar-refractivity contribution in [3.8, 4) is 0 Å². The van der Waals surface area contributed by atoms with Crippen LogP contribution in [-0.4, -0.2) is 53.4 Å². The number of aromatic nitrogens is 1. The van der Waals surface area contributed by atoms with E-state index >= 15 is 0 Å². The Hall–Kier alpha value is -3.22. The Bertz CT molecular complexity index is 1400. The molecule has 196 valence electrons. The third kappa shape index (κ3) is 5.07. The summed E-state index contributed by atoms with van der Waals surface area (Å²) in [7, 11) is 0. The molecule has 2 aliphatic heterocycles. The van der Waals surface area contributed by atoms with Crippen LogP contribution in [0.1, 0.15) is 51.9 Å². The number of benzene rings is 2. The molecule has 38 heavy (non-hydrogen) atoms. The molecular weight excluding hydrogens is 493 g/mol. The van der Waals surface area contributed by atoms with Crippen LogP contribution in [0.15, 0.2) is 78.0 Å². The van der Waals surface area contributed by atoms with Crippen molar-refractivity contribution in [1.82, 2.24) is 14.8 Å². The molecule has 0 bridgehead atoms. The summed E-state index contributed by atoms with van der Waals surface area (Å²) in [6.45, 7) is 8.44. The van der Waals surface area contributed by atoms with Gasteiger partial charge in [-0.1, -0.05) is 30.3 Å². The molecule has 4 nitrogen and oxygen atoms in total. The first-order chi connectivity index (χ1) is 18.6. The molecule has 2 atom stereocenters. The van der Waals surface area contributed by atoms with Crippen LogP contribution in [0.5, 0.6) is 0 Å². The van der Waals surface area contributed by atoms with Crippen LogP contribution in [0.2, 0.25) is 0 Å². The standard InChI is InChI=1S/C32H34FN3OS/c1-2-4-28-17-24-5-3-6-29(31(24)34-28)32(37)36-19-26(30(20-36)25-13-16-38-21-25)18-35-14-11-23(12-15-35)22-7-9-27(33)10-8-22/h2-3,5-10,13,16-17,21,23,26,30,34H,1,4,11-12,14-15,18-20H2/t26-,30+/m1/s1. The van der Waals surface area contributed by atoms with E-state index in [0.29, 0.717) is 17.8 Å². The maximum absolute atomic E-state index is 13.9. The zero-order chi connectivity index (χ0) is 26.1. The van der Waals surface area contributed by atoms with Gasteiger partial charge >= 0.3 is 0 Å². The molecule has 6 heteroatoms. The van der Waals surface area contributed by atoms with E-state index in [4.69, 9.17) is 0 Å². The topological polar surface area (TPSA) is 39.3 Å². The lowest BCUT2D eigenvalue weighted by atomic mass is 9.87. The third-order valence-corrected chi connectivity index (χ3v) is 9.13. The third-order valence-electron chi connectivity index (χ3n) is 8.43. The van der Waals surface area contributed by atoms with Crippen molar-refractivity contribution in [1.29, 1.82) is 0 Å². The Kier molecular flexibility index (Phi) is 7.18. The normalized spacial score (nSPS) is 20.8. The van der Waals surface area contributed by atoms with E-state index in [1.54, 1.807) is 23.5 Å². The van der Waals surface area contributed by atoms with E-state index < -0.39 is 0 Å². The lowest BCUT2D eigenvalue weighted by Gasteiger charge is -2.34. The zero-order valence-corrected chi connectivity index (χ0v) is 22.4. The molecule has 4 heterocycles. The highest BCUT2D eigenvalue weighted by Crippen LogP contribution is 2.37. The number of fused-ring (bicyclic) bond motifs is 1. The minimum Gasteiger partial charge on any atom is -0.357 e. The maximum Gasteiger partial charge on any atom is 0.256 e. The highest BCUT2D eigenvalue weighted by atomic mass is 32.1. The lowest BCUT2D eigenvalue weighted by molar-refractivity contribution is 0.0783. The summed E-state index contributed by atoms with van der Waals surface area (Å²) in [6.07, 6.45) is 4.81. The number of amides is 1. The Balaban J connectivity index is 1.17. The second-order valence-electron chi connectivity index (χ2n) is 10.8. The number of likely N-dealkylation sites (tertiary alicyclic amines) is 2. The summed E-state index contributed by atoms with van der Waals surface area (Å²) in [4.78, 5) is 22.0. The highest BCUT2D eigenvalue weighted by Gasteiger charge is 2.38. The van der Waals surface area contributed by atoms with Gasteiger partial charge in [0.05, 0.1) is 11.1 Å². The van der Waals surface area contributed by atoms with Crippen LogP contribution in [0.4, 0.5) is 4.39 Å². The van der Waals surface area contributed by atoms with E-state index in [1.165, 1.54) is 11.1 Å². The Morgan fingerprint density at radius 2 is 1.89 bits per heavy atom. The van der Waals surface area contributed by atoms with E-state index in [-0.39, 0.29) is 11.7 Å². The minimum absolute atomic E-state index is 0.111. The quantitative estimate of drug-likeness (QED) is 0.268. The number of nitrogens with one attached hydrogen (secondary N) is 1. The fourth-order valence-corrected chi connectivity index (χ4v) is 7.15. The summed E-state index contributed by atoms with van der Waals surface area (Å²) in [5, 5.41) is 5.47. The van der Waals surface area contributed by atoms with Crippen molar-refractivity contribution in [3.63, 3.8) is 0 Å². The van der Waals surface area contributed by atoms with Crippen molar-refractivity contribution < 1.29 is 9.18 Å². The molecule has 1 N–H and O–H groups in total. The number of aromatic amines is 1. The summed E-state index contributed by atoms with van der Waals surface area (Å²) >= 11 is 1.73. The van der Waals surface area contributed by atoms with E-state index in [2.05, 4.69) is 50.3 Å². The second kappa shape index (κ2) is 10.9. The molecule has 6 rings (SSSR count). The van der Waals surface area contributed by atoms with Gasteiger partial charge in [0.25, 0.3) is 5.91 Å². The van der Waals surface area contributed by atoms with Crippen LogP contribution in [0.3, 0.4) is 0 Å². The van der Waals surface area contributed by atoms with E-state index in [1.807, 2.05) is 30.3 Å². The summed E-state index contributed by atoms with van der Waals surface area (Å²) in [6, 6.07) is 17.4. The SMILES string of the molecule is C=CCc1cc2cccc(C(=O)N3C[C@@H](CN4CCC(c5ccc(F)cc5)CC4)[C@H](c4ccsc4)C3)c2[nH]1. The number of piperidine rings is 1. The van der Waals surface area contributed by atoms with Crippen molar-refractivity contribution in [2.45, 2.75) is 31.1 Å². The monoisotopic (exact) mass is 527 g/mol. The van der Waals surface area contributed by atoms with Crippen molar-refractivity contribution in [2.75, 3.05) is 32.7 Å². The summed E-state index contributed by atoms with van der Waals surface area (Å²) < 4.78 is 13.4. The molecule has 0 unspecified atom stereocenters. The van der Waals surface area contributed by atoms with Crippen LogP contribution >= 0.6 is 11.3 Å². The number of halogens is 1. The molecule has 2 saturated heterocycles. The molecule has 0 radical (unpaired) electrons. The fraction of sp³-hybridized carbons (Fsp3) is 0.344. The number of hydrogen-bond acceptors (Lipinski definition) is 3. The smallest absolute Gasteiger partial charge is 0.256 e. The van der Waals surface area contributed by atoms with Gasteiger partial charge in [0.2, 0.25) is 0 Å². The highest BCUT2D eigenvalue weighted by molar-refractivity contribution is 7.08. The number of carbonyl (C=O) groups is 1. The molecule has 2 fully saturated rings. The van der Waals surface area contributed by atoms with Crippen LogP contribution in [0.25, 0.3) is 10.9 Å². The molecule has 2 aliphatic rings. The van der Waals surface area contributed by atoms with Crippen LogP contribution in [0, 0.1) is 11.7 Å². The lowest BCUT2D eigenvalue weighted by Crippen LogP contribution is -2.38. The van der Waals surface area contributed by atoms with Crippen molar-refractivity contribution in [2.24, 2.45) is 5.92 Å². The zero-order valence-electron chi connectivity index (χ0n) is 21.6. The van der Waals surface area contributed by atoms with Gasteiger partial charge in [-0.25, -0.2) is 4.39 Å². The predicted octanol–water partition coefficient (Wildman–Crippen LogP) is 6.83. The van der Waals surface area contributed by atoms with Crippen LogP contribution in [-0.2, 0) is 6.42 Å². The number of allylic oxidation sites excluding steroid dienone is 1. The van der Waals surface area contributed by atoms with Gasteiger partial charge in [-0.3, -0.25) is 4.79 Å². The average Bonchev–Trinajstić information content (AvgIpc) is 3.69. The van der Waals surface area contributed by atoms with Gasteiger partial charge in [0.1, 0.15) is 5.82 Å². The maximum atomic E-state index is 13.9. The molecule has 4 aromatic rings. The second-order valence-corrected chi connectivity index (χ2v) is 11.6. The molecule has 0 spiro atoms. The van der Waals surface area contributed by atoms with Gasteiger partial charge in [-0.15, -0.1) is 6.58 Å². The number of thiophene rings is 1. The van der Waals surface area contributed by atoms with E-state index in [9.17, 15) is 9.18 Å². The van der Waals surface area contributed by atoms with Gasteiger partial charge in [0, 0.05) is 43.1 Å². The first-order valence-electron chi connectivity index (χ1n) is 13.6. The van der Waals surface area contributed by atoms with Crippen molar-refractivity contribution in [3.05, 3.63) is 106 Å². The van der Waals surface area contributed by atoms with Crippen molar-refractivity contribution >= 4 is 28.1 Å². The number of hydrogen-bond donors (Lipinski definition) is 1. The first-order valence-corrected chi connectivity index (χ1v) is 14.5. The number of carbonyl (C=O) groups excluding carboxylic acids is 1. The van der Waals surface area contributed by atoms with Crippen LogP contribution < -0.4 is 0 Å². The Morgan fingerprint density at radius 1 is 1.08 bits per heavy atom. The number of H-pyrrole nitrogens is 1. The molecule has 2 aromatic heterocycles. The predicted molar refractivity (Wildman–Crippen MR) is 153 cm³/mol. The molecule has 0 aliphatic carbocycles. The van der Waals surface area contributed by atoms with Gasteiger partial charge in [0.15, 0.2) is 0 Å². The summed E-state index contributed by atoms with van der Waals surface area (Å²) in [5.41, 5.74) is 5.35. The minimum atomic E-state index is -0.171. The fourth-order valence-electron chi connectivity index (χ4n) is 6.43. The average molecular weight is 528 g/mol. The molecule has 0 saturated carbocycles. The van der Waals surface area contributed by atoms with Gasteiger partial charge in [-0.2, -0.15) is 11.3 Å². The summed E-state index contributed by atoms with van der Waals surface area (Å²) in [5.74, 6) is 1.18. The van der Waals surface area contributed by atoms with E-state index in [0.717, 1.165) is 74.1 Å². The molecule has 1 amide bonds. The number of para-hydroxylation sites is 1. The number of nitrogens with zero attached hydrogens (tertiary/aromatic N) is 2. The Labute approximate surface area is 227 Å². The first kappa shape index (κ1) is 25.1. The Morgan fingerprint density at radius 3 is 2.63 bits per heavy atom.